The molecule has 3 rings (SSSR count). The second-order valence-electron chi connectivity index (χ2n) is 8.68. The van der Waals surface area contributed by atoms with E-state index in [9.17, 15) is 9.90 Å². The van der Waals surface area contributed by atoms with Gasteiger partial charge in [-0.3, -0.25) is 0 Å². The molecule has 30 heavy (non-hydrogen) atoms. The fourth-order valence-corrected chi connectivity index (χ4v) is 3.50. The van der Waals surface area contributed by atoms with E-state index in [0.717, 1.165) is 47.6 Å². The largest absolute Gasteiger partial charge is 0.478 e. The molecule has 1 aromatic heterocycles. The quantitative estimate of drug-likeness (QED) is 0.512. The molecule has 2 aromatic carbocycles. The van der Waals surface area contributed by atoms with Crippen molar-refractivity contribution in [3.05, 3.63) is 71.3 Å². The van der Waals surface area contributed by atoms with E-state index >= 15 is 0 Å². The Balaban J connectivity index is 1.91. The van der Waals surface area contributed by atoms with Crippen molar-refractivity contribution in [2.75, 3.05) is 0 Å². The summed E-state index contributed by atoms with van der Waals surface area (Å²) in [6.45, 7) is 9.27. The summed E-state index contributed by atoms with van der Waals surface area (Å²) >= 11 is 0. The molecule has 3 aromatic rings. The maximum absolute atomic E-state index is 11.9. The van der Waals surface area contributed by atoms with E-state index in [2.05, 4.69) is 27.7 Å². The molecule has 1 heterocycles. The first kappa shape index (κ1) is 21.8. The van der Waals surface area contributed by atoms with Crippen LogP contribution in [0.25, 0.3) is 11.1 Å². The minimum atomic E-state index is -0.922. The number of aromatic carboxylic acids is 1. The summed E-state index contributed by atoms with van der Waals surface area (Å²) in [5.74, 6) is 2.00. The summed E-state index contributed by atoms with van der Waals surface area (Å²) < 4.78 is 1.94. The Morgan fingerprint density at radius 3 is 2.40 bits per heavy atom. The molecule has 0 atom stereocenters. The van der Waals surface area contributed by atoms with Gasteiger partial charge in [-0.15, -0.1) is 0 Å². The minimum Gasteiger partial charge on any atom is -0.478 e. The number of rotatable bonds is 9. The highest BCUT2D eigenvalue weighted by atomic mass is 16.4. The maximum Gasteiger partial charge on any atom is 0.336 e. The third-order valence-electron chi connectivity index (χ3n) is 5.06. The predicted octanol–water partition coefficient (Wildman–Crippen LogP) is 5.48. The molecule has 0 saturated carbocycles. The standard InChI is InChI=1S/C25H31N3O2/c1-17(2)10-13-23-26-24(14-18(3)4)28(27-23)16-19-11-12-21(22(15-19)25(29)30)20-8-6-5-7-9-20/h5-9,11-12,15,17-18H,10,13-14,16H2,1-4H3,(H,29,30). The van der Waals surface area contributed by atoms with Crippen LogP contribution in [0, 0.1) is 11.8 Å². The first-order valence-electron chi connectivity index (χ1n) is 10.7. The molecular formula is C25H31N3O2. The molecule has 5 nitrogen and oxygen atoms in total. The summed E-state index contributed by atoms with van der Waals surface area (Å²) in [4.78, 5) is 16.7. The van der Waals surface area contributed by atoms with Crippen LogP contribution in [0.3, 0.4) is 0 Å². The van der Waals surface area contributed by atoms with Crippen molar-refractivity contribution < 1.29 is 9.90 Å². The van der Waals surface area contributed by atoms with Crippen LogP contribution in [0.15, 0.2) is 48.5 Å². The van der Waals surface area contributed by atoms with Gasteiger partial charge in [0.25, 0.3) is 0 Å². The summed E-state index contributed by atoms with van der Waals surface area (Å²) in [5.41, 5.74) is 2.85. The number of aryl methyl sites for hydroxylation is 1. The van der Waals surface area contributed by atoms with Gasteiger partial charge in [-0.1, -0.05) is 70.2 Å². The van der Waals surface area contributed by atoms with Crippen LogP contribution in [0.5, 0.6) is 0 Å². The lowest BCUT2D eigenvalue weighted by Gasteiger charge is -2.11. The number of nitrogens with zero attached hydrogens (tertiary/aromatic N) is 3. The fraction of sp³-hybridized carbons (Fsp3) is 0.400. The van der Waals surface area contributed by atoms with Crippen molar-refractivity contribution in [3.63, 3.8) is 0 Å². The van der Waals surface area contributed by atoms with Gasteiger partial charge in [-0.05, 0) is 41.0 Å². The first-order chi connectivity index (χ1) is 14.3. The molecule has 0 fully saturated rings. The number of carboxylic acid groups (broad SMARTS) is 1. The normalized spacial score (nSPS) is 11.4. The lowest BCUT2D eigenvalue weighted by Crippen LogP contribution is -2.10. The molecule has 0 radical (unpaired) electrons. The number of benzene rings is 2. The zero-order valence-electron chi connectivity index (χ0n) is 18.3. The van der Waals surface area contributed by atoms with Gasteiger partial charge in [0.2, 0.25) is 0 Å². The van der Waals surface area contributed by atoms with E-state index in [1.165, 1.54) is 0 Å². The van der Waals surface area contributed by atoms with Crippen molar-refractivity contribution in [3.8, 4) is 11.1 Å². The molecule has 0 aliphatic rings. The average molecular weight is 406 g/mol. The molecule has 158 valence electrons. The summed E-state index contributed by atoms with van der Waals surface area (Å²) in [5, 5.41) is 14.5. The molecule has 0 amide bonds. The second kappa shape index (κ2) is 9.70. The van der Waals surface area contributed by atoms with E-state index in [1.807, 2.05) is 47.1 Å². The SMILES string of the molecule is CC(C)CCc1nc(CC(C)C)n(Cc2ccc(-c3ccccc3)c(C(=O)O)c2)n1. The Kier molecular flexibility index (Phi) is 7.03. The number of aromatic nitrogens is 3. The molecular weight excluding hydrogens is 374 g/mol. The average Bonchev–Trinajstić information content (AvgIpc) is 3.07. The zero-order valence-corrected chi connectivity index (χ0v) is 18.3. The van der Waals surface area contributed by atoms with Crippen LogP contribution >= 0.6 is 0 Å². The van der Waals surface area contributed by atoms with Crippen LogP contribution in [-0.4, -0.2) is 25.8 Å². The summed E-state index contributed by atoms with van der Waals surface area (Å²) in [6, 6.07) is 15.3. The van der Waals surface area contributed by atoms with Gasteiger partial charge in [-0.2, -0.15) is 5.10 Å². The van der Waals surface area contributed by atoms with Crippen LogP contribution < -0.4 is 0 Å². The Morgan fingerprint density at radius 2 is 1.77 bits per heavy atom. The fourth-order valence-electron chi connectivity index (χ4n) is 3.50. The highest BCUT2D eigenvalue weighted by Gasteiger charge is 2.16. The lowest BCUT2D eigenvalue weighted by molar-refractivity contribution is 0.0697. The van der Waals surface area contributed by atoms with Gasteiger partial charge in [0.15, 0.2) is 5.82 Å². The second-order valence-corrected chi connectivity index (χ2v) is 8.68. The van der Waals surface area contributed by atoms with Gasteiger partial charge < -0.3 is 5.11 Å². The van der Waals surface area contributed by atoms with Crippen LogP contribution in [-0.2, 0) is 19.4 Å². The van der Waals surface area contributed by atoms with Crippen LogP contribution in [0.4, 0.5) is 0 Å². The van der Waals surface area contributed by atoms with E-state index < -0.39 is 5.97 Å². The first-order valence-corrected chi connectivity index (χ1v) is 10.7. The van der Waals surface area contributed by atoms with Gasteiger partial charge in [0.1, 0.15) is 5.82 Å². The van der Waals surface area contributed by atoms with Crippen molar-refractivity contribution in [2.24, 2.45) is 11.8 Å². The molecule has 0 bridgehead atoms. The van der Waals surface area contributed by atoms with E-state index in [1.54, 1.807) is 6.07 Å². The van der Waals surface area contributed by atoms with E-state index in [-0.39, 0.29) is 0 Å². The topological polar surface area (TPSA) is 68.0 Å². The minimum absolute atomic E-state index is 0.309. The number of hydrogen-bond donors (Lipinski definition) is 1. The number of carbonyl (C=O) groups is 1. The summed E-state index contributed by atoms with van der Waals surface area (Å²) in [6.07, 6.45) is 2.77. The van der Waals surface area contributed by atoms with Crippen molar-refractivity contribution >= 4 is 5.97 Å². The van der Waals surface area contributed by atoms with Crippen molar-refractivity contribution in [2.45, 2.75) is 53.5 Å². The predicted molar refractivity (Wildman–Crippen MR) is 120 cm³/mol. The molecule has 0 aliphatic heterocycles. The van der Waals surface area contributed by atoms with Crippen molar-refractivity contribution in [1.29, 1.82) is 0 Å². The van der Waals surface area contributed by atoms with Crippen LogP contribution in [0.2, 0.25) is 0 Å². The van der Waals surface area contributed by atoms with Crippen LogP contribution in [0.1, 0.15) is 61.7 Å². The van der Waals surface area contributed by atoms with Gasteiger partial charge in [-0.25, -0.2) is 14.5 Å². The number of hydrogen-bond acceptors (Lipinski definition) is 3. The third-order valence-corrected chi connectivity index (χ3v) is 5.06. The Morgan fingerprint density at radius 1 is 1.03 bits per heavy atom. The summed E-state index contributed by atoms with van der Waals surface area (Å²) in [7, 11) is 0. The van der Waals surface area contributed by atoms with Crippen molar-refractivity contribution in [1.82, 2.24) is 14.8 Å². The zero-order chi connectivity index (χ0) is 21.7. The van der Waals surface area contributed by atoms with E-state index in [4.69, 9.17) is 10.1 Å². The molecule has 0 spiro atoms. The maximum atomic E-state index is 11.9. The Bertz CT molecular complexity index is 991. The number of carboxylic acids is 1. The van der Waals surface area contributed by atoms with E-state index in [0.29, 0.717) is 23.9 Å². The van der Waals surface area contributed by atoms with Gasteiger partial charge in [0.05, 0.1) is 12.1 Å². The molecule has 5 heteroatoms. The highest BCUT2D eigenvalue weighted by molar-refractivity contribution is 5.96. The molecule has 1 N–H and O–H groups in total. The molecule has 0 unspecified atom stereocenters. The highest BCUT2D eigenvalue weighted by Crippen LogP contribution is 2.25. The lowest BCUT2D eigenvalue weighted by atomic mass is 9.97. The molecule has 0 saturated heterocycles. The Hall–Kier alpha value is -2.95. The smallest absolute Gasteiger partial charge is 0.336 e. The molecule has 0 aliphatic carbocycles. The van der Waals surface area contributed by atoms with Gasteiger partial charge >= 0.3 is 5.97 Å². The van der Waals surface area contributed by atoms with Gasteiger partial charge in [0, 0.05) is 12.8 Å². The monoisotopic (exact) mass is 405 g/mol. The Labute approximate surface area is 178 Å². The third kappa shape index (κ3) is 5.56.